The molecule has 0 aliphatic heterocycles. The van der Waals surface area contributed by atoms with Gasteiger partial charge < -0.3 is 10.1 Å². The van der Waals surface area contributed by atoms with E-state index in [1.165, 1.54) is 38.5 Å². The van der Waals surface area contributed by atoms with Crippen LogP contribution < -0.4 is 5.32 Å². The minimum Gasteiger partial charge on any atom is -0.380 e. The molecular formula is C15H31NO. The molecule has 1 saturated carbocycles. The van der Waals surface area contributed by atoms with Crippen LogP contribution in [0.2, 0.25) is 0 Å². The zero-order valence-corrected chi connectivity index (χ0v) is 12.1. The molecule has 1 fully saturated rings. The van der Waals surface area contributed by atoms with E-state index >= 15 is 0 Å². The summed E-state index contributed by atoms with van der Waals surface area (Å²) in [5, 5.41) is 3.45. The van der Waals surface area contributed by atoms with E-state index in [1.807, 2.05) is 0 Å². The average Bonchev–Trinajstić information content (AvgIpc) is 2.28. The van der Waals surface area contributed by atoms with E-state index in [0.717, 1.165) is 32.2 Å². The normalized spacial score (nSPS) is 18.5. The minimum absolute atomic E-state index is 0.440. The van der Waals surface area contributed by atoms with Crippen molar-refractivity contribution in [2.45, 2.75) is 59.3 Å². The van der Waals surface area contributed by atoms with Crippen LogP contribution in [-0.2, 0) is 4.74 Å². The Kier molecular flexibility index (Phi) is 7.14. The Morgan fingerprint density at radius 3 is 2.41 bits per heavy atom. The zero-order valence-electron chi connectivity index (χ0n) is 12.1. The summed E-state index contributed by atoms with van der Waals surface area (Å²) in [7, 11) is 0. The lowest BCUT2D eigenvalue weighted by Crippen LogP contribution is -2.25. The fraction of sp³-hybridized carbons (Fsp3) is 1.00. The van der Waals surface area contributed by atoms with Gasteiger partial charge in [-0.15, -0.1) is 0 Å². The van der Waals surface area contributed by atoms with Gasteiger partial charge in [-0.1, -0.05) is 40.0 Å². The van der Waals surface area contributed by atoms with Crippen LogP contribution in [0.5, 0.6) is 0 Å². The SMILES string of the molecule is CC(C)(C)CCNCCOCC1CCCCC1. The van der Waals surface area contributed by atoms with Gasteiger partial charge in [-0.05, 0) is 37.1 Å². The highest BCUT2D eigenvalue weighted by molar-refractivity contribution is 4.65. The lowest BCUT2D eigenvalue weighted by molar-refractivity contribution is 0.0867. The third-order valence-corrected chi connectivity index (χ3v) is 3.55. The van der Waals surface area contributed by atoms with Crippen LogP contribution in [0.4, 0.5) is 0 Å². The molecule has 1 N–H and O–H groups in total. The Morgan fingerprint density at radius 2 is 1.76 bits per heavy atom. The molecule has 0 radical (unpaired) electrons. The monoisotopic (exact) mass is 241 g/mol. The van der Waals surface area contributed by atoms with Crippen LogP contribution in [0.3, 0.4) is 0 Å². The first-order valence-electron chi connectivity index (χ1n) is 7.36. The molecule has 1 aliphatic rings. The zero-order chi connectivity index (χ0) is 12.6. The first-order chi connectivity index (χ1) is 8.08. The lowest BCUT2D eigenvalue weighted by Gasteiger charge is -2.21. The summed E-state index contributed by atoms with van der Waals surface area (Å²) in [5.41, 5.74) is 0.440. The Hall–Kier alpha value is -0.0800. The fourth-order valence-electron chi connectivity index (χ4n) is 2.34. The molecule has 0 amide bonds. The molecule has 17 heavy (non-hydrogen) atoms. The fourth-order valence-corrected chi connectivity index (χ4v) is 2.34. The molecular weight excluding hydrogens is 210 g/mol. The quantitative estimate of drug-likeness (QED) is 0.688. The van der Waals surface area contributed by atoms with Gasteiger partial charge in [-0.3, -0.25) is 0 Å². The van der Waals surface area contributed by atoms with Crippen LogP contribution >= 0.6 is 0 Å². The van der Waals surface area contributed by atoms with Crippen molar-refractivity contribution in [1.29, 1.82) is 0 Å². The first kappa shape index (κ1) is 15.0. The molecule has 0 heterocycles. The highest BCUT2D eigenvalue weighted by Crippen LogP contribution is 2.23. The van der Waals surface area contributed by atoms with E-state index in [2.05, 4.69) is 26.1 Å². The second-order valence-electron chi connectivity index (χ2n) is 6.64. The molecule has 0 unspecified atom stereocenters. The van der Waals surface area contributed by atoms with E-state index in [0.29, 0.717) is 5.41 Å². The predicted molar refractivity (Wildman–Crippen MR) is 74.3 cm³/mol. The van der Waals surface area contributed by atoms with Gasteiger partial charge in [0.15, 0.2) is 0 Å². The molecule has 0 aromatic carbocycles. The number of hydrogen-bond donors (Lipinski definition) is 1. The largest absolute Gasteiger partial charge is 0.380 e. The Labute approximate surface area is 108 Å². The Balaban J connectivity index is 1.84. The number of ether oxygens (including phenoxy) is 1. The van der Waals surface area contributed by atoms with Crippen LogP contribution in [-0.4, -0.2) is 26.3 Å². The molecule has 102 valence electrons. The summed E-state index contributed by atoms with van der Waals surface area (Å²) in [4.78, 5) is 0. The maximum atomic E-state index is 5.74. The molecule has 0 bridgehead atoms. The molecule has 1 aliphatic carbocycles. The standard InChI is InChI=1S/C15H31NO/c1-15(2,3)9-10-16-11-12-17-13-14-7-5-4-6-8-14/h14,16H,4-13H2,1-3H3. The van der Waals surface area contributed by atoms with Crippen LogP contribution in [0, 0.1) is 11.3 Å². The van der Waals surface area contributed by atoms with E-state index in [1.54, 1.807) is 0 Å². The number of nitrogens with one attached hydrogen (secondary N) is 1. The van der Waals surface area contributed by atoms with E-state index in [4.69, 9.17) is 4.74 Å². The summed E-state index contributed by atoms with van der Waals surface area (Å²) < 4.78 is 5.74. The molecule has 2 heteroatoms. The van der Waals surface area contributed by atoms with Gasteiger partial charge in [0.25, 0.3) is 0 Å². The molecule has 0 atom stereocenters. The Morgan fingerprint density at radius 1 is 1.06 bits per heavy atom. The average molecular weight is 241 g/mol. The molecule has 0 aromatic rings. The molecule has 0 saturated heterocycles. The van der Waals surface area contributed by atoms with Crippen molar-refractivity contribution in [3.8, 4) is 0 Å². The Bertz CT molecular complexity index is 180. The minimum atomic E-state index is 0.440. The molecule has 0 spiro atoms. The van der Waals surface area contributed by atoms with E-state index < -0.39 is 0 Å². The van der Waals surface area contributed by atoms with Crippen molar-refractivity contribution in [3.63, 3.8) is 0 Å². The summed E-state index contributed by atoms with van der Waals surface area (Å²) in [5.74, 6) is 0.846. The third-order valence-electron chi connectivity index (χ3n) is 3.55. The number of rotatable bonds is 7. The van der Waals surface area contributed by atoms with Gasteiger partial charge in [0, 0.05) is 13.2 Å². The van der Waals surface area contributed by atoms with Crippen LogP contribution in [0.25, 0.3) is 0 Å². The van der Waals surface area contributed by atoms with Gasteiger partial charge in [0.1, 0.15) is 0 Å². The smallest absolute Gasteiger partial charge is 0.0591 e. The maximum Gasteiger partial charge on any atom is 0.0591 e. The second kappa shape index (κ2) is 8.10. The summed E-state index contributed by atoms with van der Waals surface area (Å²) >= 11 is 0. The van der Waals surface area contributed by atoms with Crippen molar-refractivity contribution in [3.05, 3.63) is 0 Å². The third kappa shape index (κ3) is 8.62. The topological polar surface area (TPSA) is 21.3 Å². The summed E-state index contributed by atoms with van der Waals surface area (Å²) in [6.07, 6.45) is 8.27. The van der Waals surface area contributed by atoms with Crippen molar-refractivity contribution < 1.29 is 4.74 Å². The maximum absolute atomic E-state index is 5.74. The predicted octanol–water partition coefficient (Wildman–Crippen LogP) is 3.61. The van der Waals surface area contributed by atoms with Crippen molar-refractivity contribution in [2.24, 2.45) is 11.3 Å². The highest BCUT2D eigenvalue weighted by atomic mass is 16.5. The van der Waals surface area contributed by atoms with Crippen molar-refractivity contribution in [1.82, 2.24) is 5.32 Å². The second-order valence-corrected chi connectivity index (χ2v) is 6.64. The molecule has 1 rings (SSSR count). The van der Waals surface area contributed by atoms with Gasteiger partial charge >= 0.3 is 0 Å². The first-order valence-corrected chi connectivity index (χ1v) is 7.36. The summed E-state index contributed by atoms with van der Waals surface area (Å²) in [6.45, 7) is 10.8. The van der Waals surface area contributed by atoms with Gasteiger partial charge in [-0.2, -0.15) is 0 Å². The lowest BCUT2D eigenvalue weighted by atomic mass is 9.90. The van der Waals surface area contributed by atoms with Gasteiger partial charge in [-0.25, -0.2) is 0 Å². The van der Waals surface area contributed by atoms with Crippen molar-refractivity contribution >= 4 is 0 Å². The van der Waals surface area contributed by atoms with Crippen molar-refractivity contribution in [2.75, 3.05) is 26.3 Å². The summed E-state index contributed by atoms with van der Waals surface area (Å²) in [6, 6.07) is 0. The van der Waals surface area contributed by atoms with Gasteiger partial charge in [0.05, 0.1) is 6.61 Å². The molecule has 0 aromatic heterocycles. The van der Waals surface area contributed by atoms with E-state index in [9.17, 15) is 0 Å². The van der Waals surface area contributed by atoms with Crippen LogP contribution in [0.15, 0.2) is 0 Å². The van der Waals surface area contributed by atoms with E-state index in [-0.39, 0.29) is 0 Å². The number of hydrogen-bond acceptors (Lipinski definition) is 2. The highest BCUT2D eigenvalue weighted by Gasteiger charge is 2.13. The van der Waals surface area contributed by atoms with Gasteiger partial charge in [0.2, 0.25) is 0 Å². The van der Waals surface area contributed by atoms with Crippen LogP contribution in [0.1, 0.15) is 59.3 Å². The molecule has 2 nitrogen and oxygen atoms in total.